The fourth-order valence-electron chi connectivity index (χ4n) is 2.60. The molecule has 6 nitrogen and oxygen atoms in total. The van der Waals surface area contributed by atoms with E-state index >= 15 is 0 Å². The molecule has 0 fully saturated rings. The van der Waals surface area contributed by atoms with Crippen molar-refractivity contribution in [1.29, 1.82) is 0 Å². The van der Waals surface area contributed by atoms with Crippen LogP contribution >= 0.6 is 22.6 Å². The Bertz CT molecular complexity index is 183. The fourth-order valence-corrected chi connectivity index (χ4v) is 2.60. The number of alkyl halides is 1. The normalized spacial score (nSPS) is 11.0. The minimum atomic E-state index is 0.769. The van der Waals surface area contributed by atoms with E-state index in [1.807, 2.05) is 4.93 Å². The molecule has 0 aliphatic carbocycles. The molecule has 148 valence electrons. The first-order valence-corrected chi connectivity index (χ1v) is 11.6. The second kappa shape index (κ2) is 23.5. The maximum Gasteiger partial charge on any atom is -0.000671 e. The highest BCUT2D eigenvalue weighted by Crippen LogP contribution is 2.02. The predicted molar refractivity (Wildman–Crippen MR) is 117 cm³/mol. The highest BCUT2D eigenvalue weighted by Gasteiger charge is 2.06. The Balaban J connectivity index is 0. The molecule has 24 heavy (non-hydrogen) atoms. The van der Waals surface area contributed by atoms with Gasteiger partial charge < -0.3 is 32.7 Å². The Hall–Kier alpha value is 0.490. The Morgan fingerprint density at radius 2 is 0.667 bits per heavy atom. The molecule has 0 heterocycles. The van der Waals surface area contributed by atoms with Crippen LogP contribution in [0.1, 0.15) is 38.5 Å². The van der Waals surface area contributed by atoms with Gasteiger partial charge in [0.05, 0.1) is 0 Å². The topological polar surface area (TPSA) is 111 Å². The summed E-state index contributed by atoms with van der Waals surface area (Å²) in [4.78, 5) is 6.98. The maximum absolute atomic E-state index is 5.61. The van der Waals surface area contributed by atoms with E-state index in [1.54, 1.807) is 0 Å². The molecule has 0 aromatic rings. The first kappa shape index (κ1) is 26.7. The predicted octanol–water partition coefficient (Wildman–Crippen LogP) is 0.817. The van der Waals surface area contributed by atoms with Crippen molar-refractivity contribution in [3.8, 4) is 0 Å². The lowest BCUT2D eigenvalue weighted by Gasteiger charge is -2.24. The van der Waals surface area contributed by atoms with E-state index in [2.05, 4.69) is 32.4 Å². The van der Waals surface area contributed by atoms with E-state index in [0.717, 1.165) is 91.1 Å². The van der Waals surface area contributed by atoms with Crippen molar-refractivity contribution < 1.29 is 0 Å². The van der Waals surface area contributed by atoms with E-state index in [1.165, 1.54) is 12.8 Å². The zero-order valence-electron chi connectivity index (χ0n) is 15.9. The van der Waals surface area contributed by atoms with Crippen molar-refractivity contribution in [1.82, 2.24) is 9.80 Å². The SMILES string of the molecule is CI.NCCCN(CCCN)CCCCN(CCCN)CCCN. The van der Waals surface area contributed by atoms with Crippen LogP contribution in [0.15, 0.2) is 0 Å². The molecule has 7 heteroatoms. The molecular formula is C17H43IN6. The number of unbranched alkanes of at least 4 members (excludes halogenated alkanes) is 1. The zero-order chi connectivity index (χ0) is 18.5. The average Bonchev–Trinajstić information content (AvgIpc) is 2.63. The van der Waals surface area contributed by atoms with Gasteiger partial charge >= 0.3 is 0 Å². The number of hydrogen-bond donors (Lipinski definition) is 4. The fraction of sp³-hybridized carbons (Fsp3) is 1.00. The van der Waals surface area contributed by atoms with Gasteiger partial charge in [0.25, 0.3) is 0 Å². The monoisotopic (exact) mass is 458 g/mol. The van der Waals surface area contributed by atoms with Crippen LogP contribution in [0.4, 0.5) is 0 Å². The van der Waals surface area contributed by atoms with Crippen LogP contribution in [0.3, 0.4) is 0 Å². The molecule has 0 aromatic carbocycles. The van der Waals surface area contributed by atoms with E-state index in [0.29, 0.717) is 0 Å². The molecule has 0 amide bonds. The molecule has 0 atom stereocenters. The lowest BCUT2D eigenvalue weighted by atomic mass is 10.2. The van der Waals surface area contributed by atoms with Gasteiger partial charge in [-0.15, -0.1) is 0 Å². The van der Waals surface area contributed by atoms with Gasteiger partial charge in [0.2, 0.25) is 0 Å². The summed E-state index contributed by atoms with van der Waals surface area (Å²) in [6.45, 7) is 9.78. The molecule has 0 radical (unpaired) electrons. The van der Waals surface area contributed by atoms with Crippen LogP contribution in [0.5, 0.6) is 0 Å². The van der Waals surface area contributed by atoms with Crippen molar-refractivity contribution >= 4 is 22.6 Å². The second-order valence-corrected chi connectivity index (χ2v) is 5.96. The van der Waals surface area contributed by atoms with Gasteiger partial charge in [-0.1, -0.05) is 22.6 Å². The average molecular weight is 458 g/mol. The first-order chi connectivity index (χ1) is 11.8. The standard InChI is InChI=1S/C16H40N6.CH3I/c17-7-3-13-21(14-4-8-18)11-1-2-12-22(15-5-9-19)16-6-10-20;1-2/h1-20H2;1H3. The van der Waals surface area contributed by atoms with E-state index in [-0.39, 0.29) is 0 Å². The summed E-state index contributed by atoms with van der Waals surface area (Å²) in [6.07, 6.45) is 6.76. The molecule has 0 bridgehead atoms. The van der Waals surface area contributed by atoms with Crippen molar-refractivity contribution in [2.75, 3.05) is 70.4 Å². The lowest BCUT2D eigenvalue weighted by Crippen LogP contribution is -2.32. The highest BCUT2D eigenvalue weighted by molar-refractivity contribution is 14.1. The van der Waals surface area contributed by atoms with Crippen LogP contribution in [0.25, 0.3) is 0 Å². The molecule has 0 saturated carbocycles. The molecule has 0 aromatic heterocycles. The number of hydrogen-bond acceptors (Lipinski definition) is 6. The minimum absolute atomic E-state index is 0.769. The van der Waals surface area contributed by atoms with Crippen LogP contribution in [-0.4, -0.2) is 80.2 Å². The molecule has 0 spiro atoms. The third-order valence-electron chi connectivity index (χ3n) is 3.91. The van der Waals surface area contributed by atoms with Crippen LogP contribution in [0.2, 0.25) is 0 Å². The molecule has 8 N–H and O–H groups in total. The Morgan fingerprint density at radius 1 is 0.458 bits per heavy atom. The second-order valence-electron chi connectivity index (χ2n) is 5.96. The molecule has 0 aliphatic rings. The highest BCUT2D eigenvalue weighted by atomic mass is 127. The summed E-state index contributed by atoms with van der Waals surface area (Å²) in [7, 11) is 0. The Labute approximate surface area is 164 Å². The van der Waals surface area contributed by atoms with E-state index in [9.17, 15) is 0 Å². The summed E-state index contributed by atoms with van der Waals surface area (Å²) >= 11 is 2.15. The number of nitrogens with two attached hydrogens (primary N) is 4. The lowest BCUT2D eigenvalue weighted by molar-refractivity contribution is 0.237. The van der Waals surface area contributed by atoms with Gasteiger partial charge in [0.1, 0.15) is 0 Å². The van der Waals surface area contributed by atoms with Gasteiger partial charge in [0, 0.05) is 0 Å². The van der Waals surface area contributed by atoms with Crippen molar-refractivity contribution in [2.24, 2.45) is 22.9 Å². The van der Waals surface area contributed by atoms with Crippen LogP contribution < -0.4 is 22.9 Å². The number of halogens is 1. The summed E-state index contributed by atoms with van der Waals surface area (Å²) < 4.78 is 0. The van der Waals surface area contributed by atoms with Crippen molar-refractivity contribution in [2.45, 2.75) is 38.5 Å². The van der Waals surface area contributed by atoms with Crippen molar-refractivity contribution in [3.63, 3.8) is 0 Å². The van der Waals surface area contributed by atoms with E-state index < -0.39 is 0 Å². The smallest absolute Gasteiger partial charge is 0.000671 e. The van der Waals surface area contributed by atoms with Gasteiger partial charge in [-0.25, -0.2) is 0 Å². The van der Waals surface area contributed by atoms with Crippen LogP contribution in [-0.2, 0) is 0 Å². The number of rotatable bonds is 17. The Kier molecular flexibility index (Phi) is 26.1. The first-order valence-electron chi connectivity index (χ1n) is 9.41. The maximum atomic E-state index is 5.61. The summed E-state index contributed by atoms with van der Waals surface area (Å²) in [6, 6.07) is 0. The molecule has 0 aliphatic heterocycles. The van der Waals surface area contributed by atoms with E-state index in [4.69, 9.17) is 22.9 Å². The quantitative estimate of drug-likeness (QED) is 0.146. The van der Waals surface area contributed by atoms with Gasteiger partial charge in [-0.2, -0.15) is 0 Å². The molecular weight excluding hydrogens is 415 g/mol. The number of nitrogens with zero attached hydrogens (tertiary/aromatic N) is 2. The van der Waals surface area contributed by atoms with Gasteiger partial charge in [-0.3, -0.25) is 0 Å². The summed E-state index contributed by atoms with van der Waals surface area (Å²) in [5.41, 5.74) is 22.5. The summed E-state index contributed by atoms with van der Waals surface area (Å²) in [5.74, 6) is 0. The third-order valence-corrected chi connectivity index (χ3v) is 3.91. The zero-order valence-corrected chi connectivity index (χ0v) is 18.1. The summed E-state index contributed by atoms with van der Waals surface area (Å²) in [5, 5.41) is 0. The largest absolute Gasteiger partial charge is 0.330 e. The minimum Gasteiger partial charge on any atom is -0.330 e. The molecule has 0 rings (SSSR count). The van der Waals surface area contributed by atoms with Crippen LogP contribution in [0, 0.1) is 0 Å². The molecule has 0 saturated heterocycles. The molecule has 0 unspecified atom stereocenters. The third kappa shape index (κ3) is 18.8. The van der Waals surface area contributed by atoms with Crippen molar-refractivity contribution in [3.05, 3.63) is 0 Å². The Morgan fingerprint density at radius 3 is 0.875 bits per heavy atom. The van der Waals surface area contributed by atoms with Gasteiger partial charge in [-0.05, 0) is 109 Å². The van der Waals surface area contributed by atoms with Gasteiger partial charge in [0.15, 0.2) is 0 Å².